The predicted octanol–water partition coefficient (Wildman–Crippen LogP) is 1.93. The van der Waals surface area contributed by atoms with E-state index in [4.69, 9.17) is 14.3 Å². The molecule has 1 heterocycles. The molecule has 0 fully saturated rings. The second-order valence-corrected chi connectivity index (χ2v) is 4.05. The molecule has 0 aromatic heterocycles. The van der Waals surface area contributed by atoms with Crippen LogP contribution < -0.4 is 9.47 Å². The molecule has 102 valence electrons. The summed E-state index contributed by atoms with van der Waals surface area (Å²) in [5, 5.41) is 14.8. The second kappa shape index (κ2) is 5.55. The van der Waals surface area contributed by atoms with Crippen molar-refractivity contribution < 1.29 is 19.2 Å². The lowest BCUT2D eigenvalue weighted by Gasteiger charge is -2.12. The molecule has 1 aromatic carbocycles. The lowest BCUT2D eigenvalue weighted by atomic mass is 10.0. The molecule has 1 unspecified atom stereocenters. The lowest BCUT2D eigenvalue weighted by Crippen LogP contribution is -2.11. The van der Waals surface area contributed by atoms with Crippen LogP contribution in [0.2, 0.25) is 0 Å². The third kappa shape index (κ3) is 2.75. The number of nitro benzene ring substituents is 1. The van der Waals surface area contributed by atoms with Crippen LogP contribution in [0, 0.1) is 10.1 Å². The number of nitro groups is 1. The summed E-state index contributed by atoms with van der Waals surface area (Å²) in [6.07, 6.45) is 2.52. The van der Waals surface area contributed by atoms with Gasteiger partial charge in [0.2, 0.25) is 0 Å². The van der Waals surface area contributed by atoms with Crippen LogP contribution in [0.5, 0.6) is 11.5 Å². The fourth-order valence-corrected chi connectivity index (χ4v) is 1.94. The van der Waals surface area contributed by atoms with E-state index in [9.17, 15) is 10.1 Å². The average molecular weight is 266 g/mol. The molecule has 1 aliphatic rings. The van der Waals surface area contributed by atoms with E-state index in [1.807, 2.05) is 0 Å². The van der Waals surface area contributed by atoms with E-state index in [0.717, 1.165) is 0 Å². The van der Waals surface area contributed by atoms with Gasteiger partial charge in [0.1, 0.15) is 6.10 Å². The molecule has 19 heavy (non-hydrogen) atoms. The molecule has 1 aliphatic heterocycles. The first kappa shape index (κ1) is 13.1. The Bertz CT molecular complexity index is 507. The van der Waals surface area contributed by atoms with Crippen molar-refractivity contribution in [2.45, 2.75) is 18.9 Å². The highest BCUT2D eigenvalue weighted by Crippen LogP contribution is 2.35. The summed E-state index contributed by atoms with van der Waals surface area (Å²) in [4.78, 5) is 15.8. The maximum absolute atomic E-state index is 11.1. The minimum Gasteiger partial charge on any atom is -0.493 e. The zero-order valence-corrected chi connectivity index (χ0v) is 10.7. The molecule has 1 aromatic rings. The Kier molecular flexibility index (Phi) is 3.84. The SMILES string of the molecule is COc1cc(CC2CC=NO2)c([N+](=O)[O-])cc1OC. The lowest BCUT2D eigenvalue weighted by molar-refractivity contribution is -0.385. The number of methoxy groups -OCH3 is 2. The van der Waals surface area contributed by atoms with E-state index in [2.05, 4.69) is 5.16 Å². The van der Waals surface area contributed by atoms with Gasteiger partial charge in [0.05, 0.1) is 25.2 Å². The number of hydrogen-bond donors (Lipinski definition) is 0. The zero-order chi connectivity index (χ0) is 13.8. The maximum atomic E-state index is 11.1. The van der Waals surface area contributed by atoms with Crippen molar-refractivity contribution >= 4 is 11.9 Å². The minimum absolute atomic E-state index is 0.00634. The first-order valence-corrected chi connectivity index (χ1v) is 5.72. The van der Waals surface area contributed by atoms with Crippen molar-refractivity contribution in [2.75, 3.05) is 14.2 Å². The largest absolute Gasteiger partial charge is 0.493 e. The summed E-state index contributed by atoms with van der Waals surface area (Å²) in [5.74, 6) is 0.795. The van der Waals surface area contributed by atoms with Gasteiger partial charge in [0, 0.05) is 24.6 Å². The Labute approximate surface area is 109 Å². The van der Waals surface area contributed by atoms with E-state index in [0.29, 0.717) is 29.9 Å². The number of hydrogen-bond acceptors (Lipinski definition) is 6. The highest BCUT2D eigenvalue weighted by atomic mass is 16.6. The minimum atomic E-state index is -0.437. The molecule has 0 bridgehead atoms. The maximum Gasteiger partial charge on any atom is 0.276 e. The van der Waals surface area contributed by atoms with E-state index in [1.165, 1.54) is 20.3 Å². The summed E-state index contributed by atoms with van der Waals surface area (Å²) in [7, 11) is 2.93. The van der Waals surface area contributed by atoms with Crippen molar-refractivity contribution in [3.63, 3.8) is 0 Å². The van der Waals surface area contributed by atoms with Crippen molar-refractivity contribution in [2.24, 2.45) is 5.16 Å². The first-order valence-electron chi connectivity index (χ1n) is 5.72. The van der Waals surface area contributed by atoms with Crippen LogP contribution in [-0.2, 0) is 11.3 Å². The van der Waals surface area contributed by atoms with Gasteiger partial charge < -0.3 is 14.3 Å². The Balaban J connectivity index is 2.35. The molecule has 2 rings (SSSR count). The van der Waals surface area contributed by atoms with E-state index in [1.54, 1.807) is 12.3 Å². The zero-order valence-electron chi connectivity index (χ0n) is 10.7. The average Bonchev–Trinajstić information content (AvgIpc) is 2.90. The molecule has 1 atom stereocenters. The van der Waals surface area contributed by atoms with Crippen molar-refractivity contribution in [1.82, 2.24) is 0 Å². The van der Waals surface area contributed by atoms with Gasteiger partial charge in [-0.2, -0.15) is 0 Å². The highest BCUT2D eigenvalue weighted by Gasteiger charge is 2.24. The van der Waals surface area contributed by atoms with Crippen LogP contribution in [-0.4, -0.2) is 31.5 Å². The smallest absolute Gasteiger partial charge is 0.276 e. The molecule has 7 heteroatoms. The summed E-state index contributed by atoms with van der Waals surface area (Å²) >= 11 is 0. The van der Waals surface area contributed by atoms with E-state index < -0.39 is 4.92 Å². The van der Waals surface area contributed by atoms with Gasteiger partial charge in [-0.05, 0) is 6.07 Å². The second-order valence-electron chi connectivity index (χ2n) is 4.05. The van der Waals surface area contributed by atoms with Crippen molar-refractivity contribution in [3.05, 3.63) is 27.8 Å². The van der Waals surface area contributed by atoms with E-state index in [-0.39, 0.29) is 11.8 Å². The molecular weight excluding hydrogens is 252 g/mol. The molecule has 0 spiro atoms. The predicted molar refractivity (Wildman–Crippen MR) is 67.9 cm³/mol. The Morgan fingerprint density at radius 1 is 1.42 bits per heavy atom. The summed E-state index contributed by atoms with van der Waals surface area (Å²) in [5.41, 5.74) is 0.534. The van der Waals surface area contributed by atoms with Gasteiger partial charge in [-0.1, -0.05) is 5.16 Å². The summed E-state index contributed by atoms with van der Waals surface area (Å²) < 4.78 is 10.2. The summed E-state index contributed by atoms with van der Waals surface area (Å²) in [6, 6.07) is 2.97. The Morgan fingerprint density at radius 3 is 2.63 bits per heavy atom. The third-order valence-corrected chi connectivity index (χ3v) is 2.88. The molecule has 0 N–H and O–H groups in total. The molecule has 0 amide bonds. The van der Waals surface area contributed by atoms with Crippen molar-refractivity contribution in [3.8, 4) is 11.5 Å². The van der Waals surface area contributed by atoms with Gasteiger partial charge in [-0.25, -0.2) is 0 Å². The van der Waals surface area contributed by atoms with Crippen LogP contribution in [0.3, 0.4) is 0 Å². The monoisotopic (exact) mass is 266 g/mol. The number of oxime groups is 1. The molecule has 0 aliphatic carbocycles. The number of rotatable bonds is 5. The third-order valence-electron chi connectivity index (χ3n) is 2.88. The fraction of sp³-hybridized carbons (Fsp3) is 0.417. The van der Waals surface area contributed by atoms with Gasteiger partial charge in [-0.15, -0.1) is 0 Å². The van der Waals surface area contributed by atoms with Crippen LogP contribution in [0.4, 0.5) is 5.69 Å². The molecule has 0 saturated heterocycles. The Hall–Kier alpha value is -2.31. The van der Waals surface area contributed by atoms with Crippen LogP contribution in [0.15, 0.2) is 17.3 Å². The van der Waals surface area contributed by atoms with Gasteiger partial charge >= 0.3 is 0 Å². The van der Waals surface area contributed by atoms with E-state index >= 15 is 0 Å². The standard InChI is InChI=1S/C12H14N2O5/c1-17-11-6-8(5-9-3-4-13-19-9)10(14(15)16)7-12(11)18-2/h4,6-7,9H,3,5H2,1-2H3. The van der Waals surface area contributed by atoms with Crippen molar-refractivity contribution in [1.29, 1.82) is 0 Å². The number of ether oxygens (including phenoxy) is 2. The van der Waals surface area contributed by atoms with Crippen LogP contribution in [0.1, 0.15) is 12.0 Å². The summed E-state index contributed by atoms with van der Waals surface area (Å²) in [6.45, 7) is 0. The number of nitrogens with zero attached hydrogens (tertiary/aromatic N) is 2. The normalized spacial score (nSPS) is 17.1. The molecule has 7 nitrogen and oxygen atoms in total. The first-order chi connectivity index (χ1) is 9.15. The van der Waals surface area contributed by atoms with Gasteiger partial charge in [0.15, 0.2) is 11.5 Å². The number of benzene rings is 1. The quantitative estimate of drug-likeness (QED) is 0.600. The van der Waals surface area contributed by atoms with Crippen LogP contribution in [0.25, 0.3) is 0 Å². The molecule has 0 saturated carbocycles. The highest BCUT2D eigenvalue weighted by molar-refractivity contribution is 5.59. The van der Waals surface area contributed by atoms with Gasteiger partial charge in [0.25, 0.3) is 5.69 Å². The molecule has 0 radical (unpaired) electrons. The fourth-order valence-electron chi connectivity index (χ4n) is 1.94. The Morgan fingerprint density at radius 2 is 2.11 bits per heavy atom. The van der Waals surface area contributed by atoms with Gasteiger partial charge in [-0.3, -0.25) is 10.1 Å². The van der Waals surface area contributed by atoms with Crippen LogP contribution >= 0.6 is 0 Å². The molecular formula is C12H14N2O5. The topological polar surface area (TPSA) is 83.2 Å².